The first-order chi connectivity index (χ1) is 14.9. The smallest absolute Gasteiger partial charge is 0.255 e. The van der Waals surface area contributed by atoms with E-state index >= 15 is 0 Å². The molecule has 0 bridgehead atoms. The molecule has 168 valence electrons. The van der Waals surface area contributed by atoms with Crippen LogP contribution in [0.2, 0.25) is 0 Å². The average Bonchev–Trinajstić information content (AvgIpc) is 3.05. The Morgan fingerprint density at radius 3 is 2.52 bits per heavy atom. The van der Waals surface area contributed by atoms with Crippen LogP contribution >= 0.6 is 11.8 Å². The number of nitrogens with zero attached hydrogens (tertiary/aromatic N) is 1. The molecular weight excluding hydrogens is 432 g/mol. The Bertz CT molecular complexity index is 1000. The highest BCUT2D eigenvalue weighted by molar-refractivity contribution is 7.98. The van der Waals surface area contributed by atoms with E-state index in [9.17, 15) is 13.2 Å². The lowest BCUT2D eigenvalue weighted by Gasteiger charge is -2.22. The summed E-state index contributed by atoms with van der Waals surface area (Å²) in [6, 6.07) is 12.4. The molecule has 8 heteroatoms. The number of thioether (sulfide) groups is 1. The fraction of sp³-hybridized carbons (Fsp3) is 0.435. The summed E-state index contributed by atoms with van der Waals surface area (Å²) in [5.41, 5.74) is 1.53. The number of hydrogen-bond acceptors (Lipinski definition) is 5. The molecule has 2 aromatic carbocycles. The van der Waals surface area contributed by atoms with Crippen LogP contribution in [0.5, 0.6) is 5.75 Å². The molecular formula is C23H30N2O4S2. The molecule has 1 N–H and O–H groups in total. The van der Waals surface area contributed by atoms with Gasteiger partial charge in [0.25, 0.3) is 5.91 Å². The third-order valence-corrected chi connectivity index (χ3v) is 7.51. The lowest BCUT2D eigenvalue weighted by Crippen LogP contribution is -2.33. The predicted molar refractivity (Wildman–Crippen MR) is 124 cm³/mol. The number of likely N-dealkylation sites (tertiary alicyclic amines) is 1. The number of aryl methyl sites for hydroxylation is 1. The molecule has 0 saturated carbocycles. The van der Waals surface area contributed by atoms with Gasteiger partial charge in [-0.3, -0.25) is 4.79 Å². The average molecular weight is 463 g/mol. The molecule has 3 rings (SSSR count). The van der Waals surface area contributed by atoms with E-state index in [1.807, 2.05) is 42.3 Å². The highest BCUT2D eigenvalue weighted by Gasteiger charge is 2.23. The van der Waals surface area contributed by atoms with Gasteiger partial charge in [0.05, 0.1) is 10.5 Å². The second-order valence-electron chi connectivity index (χ2n) is 7.63. The van der Waals surface area contributed by atoms with E-state index < -0.39 is 10.0 Å². The van der Waals surface area contributed by atoms with Crippen molar-refractivity contribution in [2.24, 2.45) is 0 Å². The minimum absolute atomic E-state index is 0.0916. The van der Waals surface area contributed by atoms with Crippen LogP contribution in [0.4, 0.5) is 0 Å². The molecule has 1 saturated heterocycles. The topological polar surface area (TPSA) is 75.7 Å². The maximum Gasteiger partial charge on any atom is 0.255 e. The monoisotopic (exact) mass is 462 g/mol. The van der Waals surface area contributed by atoms with E-state index in [0.717, 1.165) is 49.2 Å². The van der Waals surface area contributed by atoms with Crippen LogP contribution in [0.15, 0.2) is 52.3 Å². The van der Waals surface area contributed by atoms with Crippen molar-refractivity contribution in [3.8, 4) is 5.75 Å². The largest absolute Gasteiger partial charge is 0.492 e. The molecule has 1 amide bonds. The van der Waals surface area contributed by atoms with Crippen LogP contribution in [0.3, 0.4) is 0 Å². The summed E-state index contributed by atoms with van der Waals surface area (Å²) >= 11 is 1.45. The van der Waals surface area contributed by atoms with Crippen molar-refractivity contribution >= 4 is 27.7 Å². The number of ether oxygens (including phenoxy) is 1. The van der Waals surface area contributed by atoms with Crippen LogP contribution in [0.1, 0.15) is 41.6 Å². The maximum absolute atomic E-state index is 13.1. The highest BCUT2D eigenvalue weighted by Crippen LogP contribution is 2.26. The first kappa shape index (κ1) is 23.6. The number of carbonyl (C=O) groups excluding carboxylic acids is 1. The van der Waals surface area contributed by atoms with Crippen LogP contribution in [-0.4, -0.2) is 51.7 Å². The van der Waals surface area contributed by atoms with Gasteiger partial charge < -0.3 is 9.64 Å². The Balaban J connectivity index is 1.68. The second-order valence-corrected chi connectivity index (χ2v) is 10.2. The van der Waals surface area contributed by atoms with Gasteiger partial charge in [0.15, 0.2) is 0 Å². The summed E-state index contributed by atoms with van der Waals surface area (Å²) in [4.78, 5) is 15.9. The Labute approximate surface area is 189 Å². The first-order valence-corrected chi connectivity index (χ1v) is 13.3. The normalized spacial score (nSPS) is 14.8. The maximum atomic E-state index is 13.1. The van der Waals surface area contributed by atoms with Gasteiger partial charge in [-0.05, 0) is 61.9 Å². The summed E-state index contributed by atoms with van der Waals surface area (Å²) < 4.78 is 33.8. The Hall–Kier alpha value is -2.03. The lowest BCUT2D eigenvalue weighted by molar-refractivity contribution is 0.0758. The van der Waals surface area contributed by atoms with Crippen LogP contribution < -0.4 is 9.46 Å². The van der Waals surface area contributed by atoms with Gasteiger partial charge in [-0.1, -0.05) is 25.0 Å². The molecule has 1 aliphatic heterocycles. The summed E-state index contributed by atoms with van der Waals surface area (Å²) in [7, 11) is -3.75. The van der Waals surface area contributed by atoms with Crippen molar-refractivity contribution in [1.29, 1.82) is 0 Å². The van der Waals surface area contributed by atoms with E-state index in [2.05, 4.69) is 4.72 Å². The minimum atomic E-state index is -3.75. The van der Waals surface area contributed by atoms with Crippen LogP contribution in [-0.2, 0) is 10.0 Å². The number of rotatable bonds is 8. The van der Waals surface area contributed by atoms with Crippen LogP contribution in [0, 0.1) is 6.92 Å². The third kappa shape index (κ3) is 6.48. The number of sulfonamides is 1. The van der Waals surface area contributed by atoms with Crippen molar-refractivity contribution < 1.29 is 17.9 Å². The van der Waals surface area contributed by atoms with Crippen molar-refractivity contribution in [3.63, 3.8) is 0 Å². The van der Waals surface area contributed by atoms with Gasteiger partial charge >= 0.3 is 0 Å². The van der Waals surface area contributed by atoms with E-state index in [1.54, 1.807) is 12.1 Å². The first-order valence-electron chi connectivity index (χ1n) is 10.6. The lowest BCUT2D eigenvalue weighted by atomic mass is 10.2. The zero-order valence-corrected chi connectivity index (χ0v) is 19.7. The SMILES string of the molecule is CSc1ccc(S(=O)(=O)NCCOc2cccc(C)c2)cc1C(=O)N1CCCCCC1. The summed E-state index contributed by atoms with van der Waals surface area (Å²) in [6.45, 7) is 3.76. The van der Waals surface area contributed by atoms with Crippen molar-refractivity contribution in [2.45, 2.75) is 42.4 Å². The van der Waals surface area contributed by atoms with Crippen molar-refractivity contribution in [1.82, 2.24) is 9.62 Å². The molecule has 1 fully saturated rings. The number of nitrogens with one attached hydrogen (secondary N) is 1. The van der Waals surface area contributed by atoms with E-state index in [4.69, 9.17) is 4.74 Å². The fourth-order valence-electron chi connectivity index (χ4n) is 3.60. The summed E-state index contributed by atoms with van der Waals surface area (Å²) in [5.74, 6) is 0.611. The molecule has 0 radical (unpaired) electrons. The van der Waals surface area contributed by atoms with Gasteiger partial charge in [0.1, 0.15) is 12.4 Å². The molecule has 1 heterocycles. The van der Waals surface area contributed by atoms with Gasteiger partial charge in [-0.2, -0.15) is 0 Å². The third-order valence-electron chi connectivity index (χ3n) is 5.26. The van der Waals surface area contributed by atoms with Crippen molar-refractivity contribution in [3.05, 3.63) is 53.6 Å². The minimum Gasteiger partial charge on any atom is -0.492 e. The van der Waals surface area contributed by atoms with E-state index in [0.29, 0.717) is 11.3 Å². The van der Waals surface area contributed by atoms with Crippen molar-refractivity contribution in [2.75, 3.05) is 32.5 Å². The molecule has 2 aromatic rings. The quantitative estimate of drug-likeness (QED) is 0.472. The molecule has 0 atom stereocenters. The van der Waals surface area contributed by atoms with Gasteiger partial charge in [-0.15, -0.1) is 11.8 Å². The summed E-state index contributed by atoms with van der Waals surface area (Å²) in [6.07, 6.45) is 6.12. The number of hydrogen-bond donors (Lipinski definition) is 1. The Morgan fingerprint density at radius 2 is 1.84 bits per heavy atom. The standard InChI is InChI=1S/C23H30N2O4S2/c1-18-8-7-9-19(16-18)29-15-12-24-31(27,28)20-10-11-22(30-2)21(17-20)23(26)25-13-5-3-4-6-14-25/h7-11,16-17,24H,3-6,12-15H2,1-2H3. The van der Waals surface area contributed by atoms with Crippen LogP contribution in [0.25, 0.3) is 0 Å². The number of carbonyl (C=O) groups is 1. The summed E-state index contributed by atoms with van der Waals surface area (Å²) in [5, 5.41) is 0. The predicted octanol–water partition coefficient (Wildman–Crippen LogP) is 4.09. The second kappa shape index (κ2) is 11.0. The Morgan fingerprint density at radius 1 is 1.10 bits per heavy atom. The van der Waals surface area contributed by atoms with Gasteiger partial charge in [0.2, 0.25) is 10.0 Å². The zero-order chi connectivity index (χ0) is 22.3. The van der Waals surface area contributed by atoms with Gasteiger partial charge in [0, 0.05) is 24.5 Å². The van der Waals surface area contributed by atoms with E-state index in [-0.39, 0.29) is 24.0 Å². The molecule has 0 spiro atoms. The molecule has 6 nitrogen and oxygen atoms in total. The van der Waals surface area contributed by atoms with Gasteiger partial charge in [-0.25, -0.2) is 13.1 Å². The fourth-order valence-corrected chi connectivity index (χ4v) is 5.21. The molecule has 0 aliphatic carbocycles. The molecule has 31 heavy (non-hydrogen) atoms. The zero-order valence-electron chi connectivity index (χ0n) is 18.1. The molecule has 0 aromatic heterocycles. The Kier molecular flexibility index (Phi) is 8.40. The number of amides is 1. The molecule has 0 unspecified atom stereocenters. The van der Waals surface area contributed by atoms with E-state index in [1.165, 1.54) is 17.8 Å². The highest BCUT2D eigenvalue weighted by atomic mass is 32.2. The number of benzene rings is 2. The molecule has 1 aliphatic rings.